The van der Waals surface area contributed by atoms with Crippen molar-refractivity contribution in [3.05, 3.63) is 41.5 Å². The highest BCUT2D eigenvalue weighted by molar-refractivity contribution is 5.72. The summed E-state index contributed by atoms with van der Waals surface area (Å²) in [4.78, 5) is 12.3. The van der Waals surface area contributed by atoms with Crippen LogP contribution in [0.5, 0.6) is 28.7 Å². The second kappa shape index (κ2) is 8.73. The van der Waals surface area contributed by atoms with E-state index in [0.717, 1.165) is 11.1 Å². The zero-order valence-electron chi connectivity index (χ0n) is 16.4. The maximum atomic E-state index is 12.3. The number of hydrogen-bond acceptors (Lipinski definition) is 7. The van der Waals surface area contributed by atoms with Gasteiger partial charge in [-0.25, -0.2) is 0 Å². The molecule has 0 radical (unpaired) electrons. The van der Waals surface area contributed by atoms with Crippen molar-refractivity contribution < 1.29 is 33.2 Å². The number of rotatable bonds is 8. The summed E-state index contributed by atoms with van der Waals surface area (Å²) in [6.07, 6.45) is 0.159. The largest absolute Gasteiger partial charge is 0.493 e. The highest BCUT2D eigenvalue weighted by Crippen LogP contribution is 2.43. The fraction of sp³-hybridized carbons (Fsp3) is 0.381. The fourth-order valence-electron chi connectivity index (χ4n) is 3.25. The molecule has 2 aromatic carbocycles. The average Bonchev–Trinajstić information content (AvgIpc) is 3.18. The van der Waals surface area contributed by atoms with Gasteiger partial charge in [-0.3, -0.25) is 4.79 Å². The molecule has 0 bridgehead atoms. The Hall–Kier alpha value is -3.09. The molecule has 0 amide bonds. The van der Waals surface area contributed by atoms with E-state index in [-0.39, 0.29) is 25.1 Å². The van der Waals surface area contributed by atoms with Gasteiger partial charge in [0.25, 0.3) is 0 Å². The van der Waals surface area contributed by atoms with Gasteiger partial charge in [-0.1, -0.05) is 6.07 Å². The van der Waals surface area contributed by atoms with Crippen molar-refractivity contribution in [2.24, 2.45) is 0 Å². The first-order valence-corrected chi connectivity index (χ1v) is 8.96. The van der Waals surface area contributed by atoms with E-state index in [1.54, 1.807) is 28.3 Å². The Balaban J connectivity index is 2.07. The number of methoxy groups -OCH3 is 3. The molecule has 0 saturated heterocycles. The lowest BCUT2D eigenvalue weighted by molar-refractivity contribution is -0.143. The zero-order valence-corrected chi connectivity index (χ0v) is 16.4. The van der Waals surface area contributed by atoms with Crippen LogP contribution in [0.3, 0.4) is 0 Å². The van der Waals surface area contributed by atoms with Gasteiger partial charge in [-0.15, -0.1) is 0 Å². The van der Waals surface area contributed by atoms with Crippen LogP contribution >= 0.6 is 0 Å². The number of ether oxygens (including phenoxy) is 6. The summed E-state index contributed by atoms with van der Waals surface area (Å²) in [6.45, 7) is 2.29. The van der Waals surface area contributed by atoms with Crippen LogP contribution in [0.25, 0.3) is 0 Å². The molecule has 1 heterocycles. The van der Waals surface area contributed by atoms with Crippen LogP contribution in [0, 0.1) is 0 Å². The molecule has 0 aliphatic carbocycles. The van der Waals surface area contributed by atoms with E-state index < -0.39 is 0 Å². The molecule has 0 fully saturated rings. The van der Waals surface area contributed by atoms with Gasteiger partial charge in [0, 0.05) is 5.92 Å². The lowest BCUT2D eigenvalue weighted by Crippen LogP contribution is -2.12. The Morgan fingerprint density at radius 3 is 2.25 bits per heavy atom. The highest BCUT2D eigenvalue weighted by atomic mass is 16.7. The van der Waals surface area contributed by atoms with Gasteiger partial charge in [-0.05, 0) is 42.3 Å². The summed E-state index contributed by atoms with van der Waals surface area (Å²) in [6, 6.07) is 9.33. The molecular weight excluding hydrogens is 364 g/mol. The van der Waals surface area contributed by atoms with Crippen LogP contribution in [0.15, 0.2) is 30.3 Å². The number of benzene rings is 2. The minimum atomic E-state index is -0.293. The van der Waals surface area contributed by atoms with Crippen LogP contribution in [-0.4, -0.2) is 40.7 Å². The normalized spacial score (nSPS) is 13.0. The van der Waals surface area contributed by atoms with Crippen molar-refractivity contribution in [1.82, 2.24) is 0 Å². The molecule has 1 aliphatic rings. The molecular formula is C21H24O7. The predicted molar refractivity (Wildman–Crippen MR) is 102 cm³/mol. The van der Waals surface area contributed by atoms with Crippen molar-refractivity contribution in [2.75, 3.05) is 34.7 Å². The number of hydrogen-bond donors (Lipinski definition) is 0. The van der Waals surface area contributed by atoms with Gasteiger partial charge in [-0.2, -0.15) is 0 Å². The summed E-state index contributed by atoms with van der Waals surface area (Å²) in [7, 11) is 4.66. The second-order valence-electron chi connectivity index (χ2n) is 6.13. The SMILES string of the molecule is CCOC(=O)C[C@@H](c1ccc2c(c1)OCO2)c1cc(OC)c(OC)c(OC)c1. The molecule has 7 nitrogen and oxygen atoms in total. The van der Waals surface area contributed by atoms with Crippen molar-refractivity contribution in [3.8, 4) is 28.7 Å². The van der Waals surface area contributed by atoms with Crippen LogP contribution in [0.2, 0.25) is 0 Å². The van der Waals surface area contributed by atoms with Crippen molar-refractivity contribution in [1.29, 1.82) is 0 Å². The first-order chi connectivity index (χ1) is 13.6. The van der Waals surface area contributed by atoms with E-state index in [2.05, 4.69) is 0 Å². The maximum absolute atomic E-state index is 12.3. The van der Waals surface area contributed by atoms with E-state index in [1.807, 2.05) is 30.3 Å². The lowest BCUT2D eigenvalue weighted by atomic mass is 9.88. The minimum absolute atomic E-state index is 0.159. The molecule has 150 valence electrons. The van der Waals surface area contributed by atoms with Gasteiger partial charge in [0.15, 0.2) is 23.0 Å². The molecule has 2 aromatic rings. The monoisotopic (exact) mass is 388 g/mol. The van der Waals surface area contributed by atoms with E-state index in [1.165, 1.54) is 0 Å². The van der Waals surface area contributed by atoms with Gasteiger partial charge >= 0.3 is 5.97 Å². The summed E-state index contributed by atoms with van der Waals surface area (Å²) in [5.74, 6) is 2.29. The summed E-state index contributed by atoms with van der Waals surface area (Å²) in [5.41, 5.74) is 1.73. The van der Waals surface area contributed by atoms with Gasteiger partial charge in [0.2, 0.25) is 12.5 Å². The Labute approximate surface area is 164 Å². The average molecular weight is 388 g/mol. The Kier molecular flexibility index (Phi) is 6.13. The molecule has 7 heteroatoms. The van der Waals surface area contributed by atoms with Crippen molar-refractivity contribution >= 4 is 5.97 Å². The molecule has 0 aromatic heterocycles. The summed E-state index contributed by atoms with van der Waals surface area (Å²) in [5, 5.41) is 0. The second-order valence-corrected chi connectivity index (χ2v) is 6.13. The van der Waals surface area contributed by atoms with E-state index >= 15 is 0 Å². The van der Waals surface area contributed by atoms with E-state index in [4.69, 9.17) is 28.4 Å². The topological polar surface area (TPSA) is 72.5 Å². The Morgan fingerprint density at radius 2 is 1.64 bits per heavy atom. The van der Waals surface area contributed by atoms with Gasteiger partial charge < -0.3 is 28.4 Å². The fourth-order valence-corrected chi connectivity index (χ4v) is 3.25. The molecule has 1 aliphatic heterocycles. The minimum Gasteiger partial charge on any atom is -0.493 e. The van der Waals surface area contributed by atoms with Crippen LogP contribution in [0.1, 0.15) is 30.4 Å². The highest BCUT2D eigenvalue weighted by Gasteiger charge is 2.25. The Morgan fingerprint density at radius 1 is 0.964 bits per heavy atom. The van der Waals surface area contributed by atoms with Gasteiger partial charge in [0.05, 0.1) is 34.4 Å². The lowest BCUT2D eigenvalue weighted by Gasteiger charge is -2.21. The number of carbonyl (C=O) groups excluding carboxylic acids is 1. The molecule has 0 N–H and O–H groups in total. The number of fused-ring (bicyclic) bond motifs is 1. The van der Waals surface area contributed by atoms with Crippen LogP contribution in [-0.2, 0) is 9.53 Å². The van der Waals surface area contributed by atoms with Crippen LogP contribution < -0.4 is 23.7 Å². The molecule has 3 rings (SSSR count). The van der Waals surface area contributed by atoms with Crippen molar-refractivity contribution in [3.63, 3.8) is 0 Å². The molecule has 0 saturated carbocycles. The van der Waals surface area contributed by atoms with E-state index in [9.17, 15) is 4.79 Å². The zero-order chi connectivity index (χ0) is 20.1. The third kappa shape index (κ3) is 3.93. The number of esters is 1. The molecule has 0 unspecified atom stereocenters. The molecule has 1 atom stereocenters. The maximum Gasteiger partial charge on any atom is 0.306 e. The standard InChI is InChI=1S/C21H24O7/c1-5-26-20(22)11-15(13-6-7-16-17(8-13)28-12-27-16)14-9-18(23-2)21(25-4)19(10-14)24-3/h6-10,15H,5,11-12H2,1-4H3/t15-/m0/s1. The smallest absolute Gasteiger partial charge is 0.306 e. The summed E-state index contributed by atoms with van der Waals surface area (Å²) < 4.78 is 32.4. The quantitative estimate of drug-likeness (QED) is 0.641. The summed E-state index contributed by atoms with van der Waals surface area (Å²) >= 11 is 0. The first-order valence-electron chi connectivity index (χ1n) is 8.96. The third-order valence-corrected chi connectivity index (χ3v) is 4.56. The molecule has 0 spiro atoms. The third-order valence-electron chi connectivity index (χ3n) is 4.56. The van der Waals surface area contributed by atoms with E-state index in [0.29, 0.717) is 35.4 Å². The Bertz CT molecular complexity index is 822. The van der Waals surface area contributed by atoms with Crippen LogP contribution in [0.4, 0.5) is 0 Å². The number of carbonyl (C=O) groups is 1. The predicted octanol–water partition coefficient (Wildman–Crippen LogP) is 3.53. The molecule has 28 heavy (non-hydrogen) atoms. The first kappa shape index (κ1) is 19.7. The van der Waals surface area contributed by atoms with Crippen molar-refractivity contribution in [2.45, 2.75) is 19.3 Å². The van der Waals surface area contributed by atoms with Gasteiger partial charge in [0.1, 0.15) is 0 Å².